The van der Waals surface area contributed by atoms with Crippen LogP contribution in [-0.2, 0) is 19.0 Å². The predicted molar refractivity (Wildman–Crippen MR) is 67.0 cm³/mol. The molecule has 17 heavy (non-hydrogen) atoms. The lowest BCUT2D eigenvalue weighted by Gasteiger charge is -2.06. The average molecular weight is 246 g/mol. The summed E-state index contributed by atoms with van der Waals surface area (Å²) < 4.78 is 15.6. The molecule has 0 aromatic carbocycles. The third-order valence-corrected chi connectivity index (χ3v) is 2.24. The van der Waals surface area contributed by atoms with Gasteiger partial charge < -0.3 is 14.2 Å². The zero-order valence-corrected chi connectivity index (χ0v) is 11.2. The number of hydrogen-bond donors (Lipinski definition) is 0. The number of carbonyl (C=O) groups excluding carboxylic acids is 1. The van der Waals surface area contributed by atoms with Gasteiger partial charge in [-0.15, -0.1) is 0 Å². The van der Waals surface area contributed by atoms with E-state index >= 15 is 0 Å². The van der Waals surface area contributed by atoms with Crippen LogP contribution in [-0.4, -0.2) is 39.0 Å². The Balaban J connectivity index is 3.05. The summed E-state index contributed by atoms with van der Waals surface area (Å²) in [4.78, 5) is 11.1. The van der Waals surface area contributed by atoms with Gasteiger partial charge in [-0.25, -0.2) is 0 Å². The number of carbonyl (C=O) groups is 1. The molecule has 0 aliphatic rings. The van der Waals surface area contributed by atoms with Crippen molar-refractivity contribution < 1.29 is 19.0 Å². The number of hydrogen-bond acceptors (Lipinski definition) is 4. The van der Waals surface area contributed by atoms with Crippen molar-refractivity contribution in [3.63, 3.8) is 0 Å². The van der Waals surface area contributed by atoms with Crippen LogP contribution in [0.3, 0.4) is 0 Å². The van der Waals surface area contributed by atoms with E-state index in [2.05, 4.69) is 13.8 Å². The normalized spacial score (nSPS) is 10.5. The number of rotatable bonds is 12. The summed E-state index contributed by atoms with van der Waals surface area (Å²) in [5.41, 5.74) is 0. The minimum absolute atomic E-state index is 0.130. The Hall–Kier alpha value is -0.610. The van der Waals surface area contributed by atoms with Gasteiger partial charge in [0.2, 0.25) is 0 Å². The molecule has 0 aliphatic heterocycles. The van der Waals surface area contributed by atoms with Crippen molar-refractivity contribution in [2.24, 2.45) is 0 Å². The van der Waals surface area contributed by atoms with Gasteiger partial charge in [0.1, 0.15) is 6.61 Å². The Labute approximate surface area is 105 Å². The van der Waals surface area contributed by atoms with Gasteiger partial charge in [0.15, 0.2) is 0 Å². The second-order valence-electron chi connectivity index (χ2n) is 3.90. The first kappa shape index (κ1) is 16.4. The second-order valence-corrected chi connectivity index (χ2v) is 3.90. The third-order valence-electron chi connectivity index (χ3n) is 2.24. The molecule has 0 saturated carbocycles. The number of ether oxygens (including phenoxy) is 3. The highest BCUT2D eigenvalue weighted by molar-refractivity contribution is 5.69. The molecule has 0 rings (SSSR count). The molecule has 0 bridgehead atoms. The first-order valence-electron chi connectivity index (χ1n) is 6.62. The minimum Gasteiger partial charge on any atom is -0.463 e. The van der Waals surface area contributed by atoms with Crippen LogP contribution in [0, 0.1) is 0 Å². The average Bonchev–Trinajstić information content (AvgIpc) is 2.34. The van der Waals surface area contributed by atoms with Gasteiger partial charge >= 0.3 is 5.97 Å². The molecule has 0 fully saturated rings. The van der Waals surface area contributed by atoms with Gasteiger partial charge in [-0.1, -0.05) is 26.7 Å². The first-order valence-corrected chi connectivity index (χ1v) is 6.62. The van der Waals surface area contributed by atoms with E-state index in [0.29, 0.717) is 32.8 Å². The predicted octanol–water partition coefficient (Wildman–Crippen LogP) is 2.55. The zero-order chi connectivity index (χ0) is 12.8. The van der Waals surface area contributed by atoms with E-state index in [0.717, 1.165) is 32.3 Å². The van der Waals surface area contributed by atoms with Crippen molar-refractivity contribution >= 4 is 5.97 Å². The van der Waals surface area contributed by atoms with Crippen LogP contribution >= 0.6 is 0 Å². The monoisotopic (exact) mass is 246 g/mol. The Bertz CT molecular complexity index is 171. The highest BCUT2D eigenvalue weighted by Gasteiger charge is 2.00. The maximum Gasteiger partial charge on any atom is 0.305 e. The largest absolute Gasteiger partial charge is 0.463 e. The molecule has 4 nitrogen and oxygen atoms in total. The Morgan fingerprint density at radius 1 is 0.824 bits per heavy atom. The minimum atomic E-state index is -0.130. The molecule has 0 N–H and O–H groups in total. The second kappa shape index (κ2) is 13.5. The van der Waals surface area contributed by atoms with Crippen molar-refractivity contribution in [3.8, 4) is 0 Å². The van der Waals surface area contributed by atoms with Gasteiger partial charge in [0.25, 0.3) is 0 Å². The highest BCUT2D eigenvalue weighted by Crippen LogP contribution is 1.96. The number of esters is 1. The fraction of sp³-hybridized carbons (Fsp3) is 0.923. The summed E-state index contributed by atoms with van der Waals surface area (Å²) in [7, 11) is 0. The highest BCUT2D eigenvalue weighted by atomic mass is 16.6. The molecule has 0 saturated heterocycles. The fourth-order valence-electron chi connectivity index (χ4n) is 1.18. The van der Waals surface area contributed by atoms with Crippen molar-refractivity contribution in [1.82, 2.24) is 0 Å². The van der Waals surface area contributed by atoms with Gasteiger partial charge in [-0.05, 0) is 12.8 Å². The molecule has 0 aliphatic carbocycles. The van der Waals surface area contributed by atoms with E-state index in [4.69, 9.17) is 14.2 Å². The molecule has 0 amide bonds. The fourth-order valence-corrected chi connectivity index (χ4v) is 1.18. The Morgan fingerprint density at radius 2 is 1.41 bits per heavy atom. The van der Waals surface area contributed by atoms with Crippen molar-refractivity contribution in [3.05, 3.63) is 0 Å². The lowest BCUT2D eigenvalue weighted by Crippen LogP contribution is -2.12. The van der Waals surface area contributed by atoms with Crippen LogP contribution in [0.4, 0.5) is 0 Å². The van der Waals surface area contributed by atoms with Crippen LogP contribution in [0.2, 0.25) is 0 Å². The van der Waals surface area contributed by atoms with Crippen LogP contribution in [0.15, 0.2) is 0 Å². The van der Waals surface area contributed by atoms with Gasteiger partial charge in [-0.2, -0.15) is 0 Å². The van der Waals surface area contributed by atoms with E-state index in [1.54, 1.807) is 0 Å². The third kappa shape index (κ3) is 13.3. The van der Waals surface area contributed by atoms with Crippen LogP contribution < -0.4 is 0 Å². The summed E-state index contributed by atoms with van der Waals surface area (Å²) >= 11 is 0. The standard InChI is InChI=1S/C13H26O4/c1-3-5-7-13(14)17-12-11-16-10-9-15-8-6-4-2/h3-12H2,1-2H3. The summed E-state index contributed by atoms with van der Waals surface area (Å²) in [6, 6.07) is 0. The molecule has 0 spiro atoms. The molecule has 0 heterocycles. The van der Waals surface area contributed by atoms with Gasteiger partial charge in [-0.3, -0.25) is 4.79 Å². The first-order chi connectivity index (χ1) is 8.31. The SMILES string of the molecule is CCCCOCCOCCOC(=O)CCCC. The Kier molecular flexibility index (Phi) is 13.0. The number of unbranched alkanes of at least 4 members (excludes halogenated alkanes) is 2. The molecule has 0 aromatic rings. The van der Waals surface area contributed by atoms with E-state index in [-0.39, 0.29) is 5.97 Å². The lowest BCUT2D eigenvalue weighted by molar-refractivity contribution is -0.145. The van der Waals surface area contributed by atoms with Gasteiger partial charge in [0.05, 0.1) is 19.8 Å². The quantitative estimate of drug-likeness (QED) is 0.392. The maximum absolute atomic E-state index is 11.1. The smallest absolute Gasteiger partial charge is 0.305 e. The topological polar surface area (TPSA) is 44.8 Å². The van der Waals surface area contributed by atoms with Crippen molar-refractivity contribution in [2.45, 2.75) is 46.0 Å². The van der Waals surface area contributed by atoms with E-state index < -0.39 is 0 Å². The molecule has 0 radical (unpaired) electrons. The van der Waals surface area contributed by atoms with Crippen LogP contribution in [0.5, 0.6) is 0 Å². The van der Waals surface area contributed by atoms with Gasteiger partial charge in [0, 0.05) is 13.0 Å². The summed E-state index contributed by atoms with van der Waals surface area (Å²) in [5.74, 6) is -0.130. The van der Waals surface area contributed by atoms with E-state index in [1.165, 1.54) is 0 Å². The Morgan fingerprint density at radius 3 is 2.06 bits per heavy atom. The summed E-state index contributed by atoms with van der Waals surface area (Å²) in [5, 5.41) is 0. The van der Waals surface area contributed by atoms with E-state index in [1.807, 2.05) is 0 Å². The van der Waals surface area contributed by atoms with E-state index in [9.17, 15) is 4.79 Å². The molecule has 102 valence electrons. The van der Waals surface area contributed by atoms with Crippen molar-refractivity contribution in [2.75, 3.05) is 33.0 Å². The maximum atomic E-state index is 11.1. The summed E-state index contributed by atoms with van der Waals surface area (Å²) in [6.45, 7) is 6.96. The van der Waals surface area contributed by atoms with Crippen molar-refractivity contribution in [1.29, 1.82) is 0 Å². The lowest BCUT2D eigenvalue weighted by atomic mass is 10.2. The van der Waals surface area contributed by atoms with Crippen LogP contribution in [0.25, 0.3) is 0 Å². The molecule has 0 aromatic heterocycles. The molecular formula is C13H26O4. The molecular weight excluding hydrogens is 220 g/mol. The molecule has 4 heteroatoms. The van der Waals surface area contributed by atoms with Crippen LogP contribution in [0.1, 0.15) is 46.0 Å². The molecule has 0 atom stereocenters. The molecule has 0 unspecified atom stereocenters. The summed E-state index contributed by atoms with van der Waals surface area (Å²) in [6.07, 6.45) is 4.66. The zero-order valence-electron chi connectivity index (χ0n) is 11.2.